The minimum atomic E-state index is 0.144. The molecule has 1 amide bonds. The third-order valence-electron chi connectivity index (χ3n) is 4.11. The van der Waals surface area contributed by atoms with Gasteiger partial charge in [-0.25, -0.2) is 4.98 Å². The molecule has 2 rings (SSSR count). The van der Waals surface area contributed by atoms with Crippen LogP contribution < -0.4 is 5.32 Å². The van der Waals surface area contributed by atoms with Crippen LogP contribution in [0.2, 0.25) is 0 Å². The maximum Gasteiger partial charge on any atom is 0.254 e. The summed E-state index contributed by atoms with van der Waals surface area (Å²) in [7, 11) is 0. The van der Waals surface area contributed by atoms with Crippen molar-refractivity contribution in [1.29, 1.82) is 0 Å². The number of nitrogens with one attached hydrogen (secondary N) is 1. The van der Waals surface area contributed by atoms with Crippen molar-refractivity contribution in [3.63, 3.8) is 0 Å². The lowest BCUT2D eigenvalue weighted by molar-refractivity contribution is 0.0635. The average molecular weight is 289 g/mol. The van der Waals surface area contributed by atoms with E-state index >= 15 is 0 Å². The van der Waals surface area contributed by atoms with Gasteiger partial charge in [0.2, 0.25) is 0 Å². The van der Waals surface area contributed by atoms with Crippen molar-refractivity contribution >= 4 is 11.7 Å². The fourth-order valence-electron chi connectivity index (χ4n) is 2.81. The van der Waals surface area contributed by atoms with E-state index in [4.69, 9.17) is 0 Å². The Labute approximate surface area is 127 Å². The molecule has 1 aliphatic heterocycles. The minimum absolute atomic E-state index is 0.144. The molecule has 0 aliphatic carbocycles. The van der Waals surface area contributed by atoms with E-state index in [0.717, 1.165) is 43.0 Å². The zero-order chi connectivity index (χ0) is 15.4. The lowest BCUT2D eigenvalue weighted by Gasteiger charge is -2.33. The van der Waals surface area contributed by atoms with Crippen molar-refractivity contribution in [2.45, 2.75) is 58.9 Å². The number of pyridine rings is 1. The monoisotopic (exact) mass is 289 g/mol. The molecule has 21 heavy (non-hydrogen) atoms. The molecule has 1 atom stereocenters. The second-order valence-electron chi connectivity index (χ2n) is 6.19. The lowest BCUT2D eigenvalue weighted by Crippen LogP contribution is -2.42. The third-order valence-corrected chi connectivity index (χ3v) is 4.11. The molecule has 4 nitrogen and oxygen atoms in total. The van der Waals surface area contributed by atoms with E-state index in [1.165, 1.54) is 6.42 Å². The van der Waals surface area contributed by atoms with E-state index < -0.39 is 0 Å². The van der Waals surface area contributed by atoms with E-state index in [1.807, 2.05) is 24.0 Å². The maximum atomic E-state index is 12.8. The van der Waals surface area contributed by atoms with E-state index in [1.54, 1.807) is 0 Å². The van der Waals surface area contributed by atoms with Crippen LogP contribution in [0.15, 0.2) is 12.1 Å². The zero-order valence-electron chi connectivity index (χ0n) is 13.6. The van der Waals surface area contributed by atoms with Gasteiger partial charge < -0.3 is 10.2 Å². The third kappa shape index (κ3) is 3.74. The highest BCUT2D eigenvalue weighted by Gasteiger charge is 2.25. The number of piperidine rings is 1. The molecule has 1 N–H and O–H groups in total. The molecule has 0 bridgehead atoms. The Morgan fingerprint density at radius 1 is 1.43 bits per heavy atom. The van der Waals surface area contributed by atoms with Gasteiger partial charge in [0.05, 0.1) is 0 Å². The minimum Gasteiger partial charge on any atom is -0.370 e. The number of nitrogens with zero attached hydrogens (tertiary/aromatic N) is 2. The number of amides is 1. The molecule has 1 saturated heterocycles. The molecule has 0 spiro atoms. The molecule has 1 unspecified atom stereocenters. The van der Waals surface area contributed by atoms with Gasteiger partial charge in [0.25, 0.3) is 5.91 Å². The van der Waals surface area contributed by atoms with Gasteiger partial charge in [-0.2, -0.15) is 0 Å². The first-order chi connectivity index (χ1) is 10.0. The first-order valence-electron chi connectivity index (χ1n) is 8.09. The van der Waals surface area contributed by atoms with E-state index in [9.17, 15) is 4.79 Å². The summed E-state index contributed by atoms with van der Waals surface area (Å²) in [5.74, 6) is 1.26. The van der Waals surface area contributed by atoms with Gasteiger partial charge in [-0.05, 0) is 51.2 Å². The van der Waals surface area contributed by atoms with Crippen molar-refractivity contribution in [1.82, 2.24) is 9.88 Å². The highest BCUT2D eigenvalue weighted by atomic mass is 16.2. The van der Waals surface area contributed by atoms with Crippen LogP contribution in [0.4, 0.5) is 5.82 Å². The summed E-state index contributed by atoms with van der Waals surface area (Å²) < 4.78 is 0. The topological polar surface area (TPSA) is 45.2 Å². The van der Waals surface area contributed by atoms with Gasteiger partial charge in [-0.1, -0.05) is 13.8 Å². The van der Waals surface area contributed by atoms with Gasteiger partial charge >= 0.3 is 0 Å². The lowest BCUT2D eigenvalue weighted by atomic mass is 10.0. The van der Waals surface area contributed by atoms with Crippen LogP contribution in [0.5, 0.6) is 0 Å². The van der Waals surface area contributed by atoms with Gasteiger partial charge in [0.15, 0.2) is 0 Å². The Bertz CT molecular complexity index is 499. The van der Waals surface area contributed by atoms with Gasteiger partial charge in [-0.15, -0.1) is 0 Å². The summed E-state index contributed by atoms with van der Waals surface area (Å²) in [5, 5.41) is 3.23. The maximum absolute atomic E-state index is 12.8. The summed E-state index contributed by atoms with van der Waals surface area (Å²) in [6.07, 6.45) is 3.44. The average Bonchev–Trinajstić information content (AvgIpc) is 2.47. The van der Waals surface area contributed by atoms with Crippen LogP contribution in [0.25, 0.3) is 0 Å². The predicted octanol–water partition coefficient (Wildman–Crippen LogP) is 3.65. The van der Waals surface area contributed by atoms with Crippen LogP contribution in [0.1, 0.15) is 68.9 Å². The first-order valence-corrected chi connectivity index (χ1v) is 8.09. The smallest absolute Gasteiger partial charge is 0.254 e. The second-order valence-corrected chi connectivity index (χ2v) is 6.19. The normalized spacial score (nSPS) is 18.9. The molecule has 0 saturated carbocycles. The summed E-state index contributed by atoms with van der Waals surface area (Å²) in [6, 6.07) is 4.18. The molecular formula is C17H27N3O. The quantitative estimate of drug-likeness (QED) is 0.920. The van der Waals surface area contributed by atoms with Crippen LogP contribution in [-0.4, -0.2) is 34.9 Å². The molecule has 1 aliphatic rings. The molecule has 2 heterocycles. The summed E-state index contributed by atoms with van der Waals surface area (Å²) >= 11 is 0. The fourth-order valence-corrected chi connectivity index (χ4v) is 2.81. The number of hydrogen-bond acceptors (Lipinski definition) is 3. The number of carbonyl (C=O) groups excluding carboxylic acids is 1. The van der Waals surface area contributed by atoms with E-state index in [0.29, 0.717) is 12.0 Å². The Balaban J connectivity index is 2.30. The predicted molar refractivity (Wildman–Crippen MR) is 86.8 cm³/mol. The highest BCUT2D eigenvalue weighted by Crippen LogP contribution is 2.23. The van der Waals surface area contributed by atoms with Crippen molar-refractivity contribution in [2.75, 3.05) is 18.4 Å². The van der Waals surface area contributed by atoms with E-state index in [2.05, 4.69) is 31.1 Å². The largest absolute Gasteiger partial charge is 0.370 e. The van der Waals surface area contributed by atoms with Crippen LogP contribution >= 0.6 is 0 Å². The van der Waals surface area contributed by atoms with Crippen LogP contribution in [0.3, 0.4) is 0 Å². The van der Waals surface area contributed by atoms with Crippen molar-refractivity contribution in [3.05, 3.63) is 23.4 Å². The molecule has 4 heteroatoms. The molecule has 1 fully saturated rings. The number of carbonyl (C=O) groups is 1. The number of likely N-dealkylation sites (tertiary alicyclic amines) is 1. The first kappa shape index (κ1) is 15.8. The fraction of sp³-hybridized carbons (Fsp3) is 0.647. The van der Waals surface area contributed by atoms with Gasteiger partial charge in [0.1, 0.15) is 5.82 Å². The molecule has 0 aromatic carbocycles. The summed E-state index contributed by atoms with van der Waals surface area (Å²) in [6.45, 7) is 10.1. The molecule has 0 radical (unpaired) electrons. The number of rotatable bonds is 4. The standard InChI is InChI=1S/C17H27N3O/c1-5-18-16-11-14(10-15(19-16)12(2)3)17(21)20-9-7-6-8-13(20)4/h10-13H,5-9H2,1-4H3,(H,18,19). The Morgan fingerprint density at radius 2 is 2.19 bits per heavy atom. The van der Waals surface area contributed by atoms with Crippen molar-refractivity contribution < 1.29 is 4.79 Å². The number of anilines is 1. The Kier molecular flexibility index (Phi) is 5.21. The van der Waals surface area contributed by atoms with E-state index in [-0.39, 0.29) is 5.91 Å². The Morgan fingerprint density at radius 3 is 2.81 bits per heavy atom. The zero-order valence-corrected chi connectivity index (χ0v) is 13.6. The Hall–Kier alpha value is -1.58. The molecule has 1 aromatic heterocycles. The molecule has 1 aromatic rings. The van der Waals surface area contributed by atoms with Crippen LogP contribution in [-0.2, 0) is 0 Å². The summed E-state index contributed by atoms with van der Waals surface area (Å²) in [5.41, 5.74) is 1.74. The van der Waals surface area contributed by atoms with Gasteiger partial charge in [-0.3, -0.25) is 4.79 Å². The highest BCUT2D eigenvalue weighted by molar-refractivity contribution is 5.95. The number of aromatic nitrogens is 1. The molecule has 116 valence electrons. The summed E-state index contributed by atoms with van der Waals surface area (Å²) in [4.78, 5) is 19.4. The second kappa shape index (κ2) is 6.92. The van der Waals surface area contributed by atoms with Crippen molar-refractivity contribution in [3.8, 4) is 0 Å². The molecular weight excluding hydrogens is 262 g/mol. The SMILES string of the molecule is CCNc1cc(C(=O)N2CCCCC2C)cc(C(C)C)n1. The van der Waals surface area contributed by atoms with Crippen LogP contribution in [0, 0.1) is 0 Å². The van der Waals surface area contributed by atoms with Crippen molar-refractivity contribution in [2.24, 2.45) is 0 Å². The van der Waals surface area contributed by atoms with Gasteiger partial charge in [0, 0.05) is 30.4 Å². The number of hydrogen-bond donors (Lipinski definition) is 1.